The summed E-state index contributed by atoms with van der Waals surface area (Å²) < 4.78 is 16.6. The monoisotopic (exact) mass is 444 g/mol. The second-order valence-corrected chi connectivity index (χ2v) is 7.22. The van der Waals surface area contributed by atoms with Crippen LogP contribution < -0.4 is 19.7 Å². The third kappa shape index (κ3) is 3.09. The molecule has 2 aliphatic heterocycles. The molecule has 4 rings (SSSR count). The third-order valence-corrected chi connectivity index (χ3v) is 5.18. The van der Waals surface area contributed by atoms with E-state index in [0.29, 0.717) is 28.5 Å². The number of esters is 1. The second kappa shape index (κ2) is 7.20. The predicted octanol–water partition coefficient (Wildman–Crippen LogP) is 3.90. The number of methoxy groups -OCH3 is 1. The van der Waals surface area contributed by atoms with Gasteiger partial charge in [0.1, 0.15) is 0 Å². The van der Waals surface area contributed by atoms with E-state index in [9.17, 15) is 9.59 Å². The lowest BCUT2D eigenvalue weighted by atomic mass is 9.94. The van der Waals surface area contributed by atoms with Crippen LogP contribution in [0.2, 0.25) is 0 Å². The Kier molecular flexibility index (Phi) is 4.72. The molecular formula is C20H17BrN2O5. The number of benzene rings is 2. The zero-order valence-electron chi connectivity index (χ0n) is 15.2. The fraction of sp³-hybridized carbons (Fsp3) is 0.200. The first kappa shape index (κ1) is 18.4. The summed E-state index contributed by atoms with van der Waals surface area (Å²) in [7, 11) is 1.32. The SMILES string of the molecule is COC(=O)C1=C(C)N(c2ccc3c(c2)OCO3)C(=O)N[C@@H]1c1cccc(Br)c1. The molecule has 0 unspecified atom stereocenters. The van der Waals surface area contributed by atoms with Crippen molar-refractivity contribution in [2.45, 2.75) is 13.0 Å². The van der Waals surface area contributed by atoms with Crippen molar-refractivity contribution < 1.29 is 23.8 Å². The van der Waals surface area contributed by atoms with Gasteiger partial charge >= 0.3 is 12.0 Å². The zero-order valence-corrected chi connectivity index (χ0v) is 16.8. The van der Waals surface area contributed by atoms with E-state index in [0.717, 1.165) is 10.0 Å². The number of fused-ring (bicyclic) bond motifs is 1. The summed E-state index contributed by atoms with van der Waals surface area (Å²) in [6.45, 7) is 1.86. The molecule has 0 aromatic heterocycles. The van der Waals surface area contributed by atoms with E-state index in [2.05, 4.69) is 21.2 Å². The zero-order chi connectivity index (χ0) is 19.8. The molecule has 144 valence electrons. The number of nitrogens with zero attached hydrogens (tertiary/aromatic N) is 1. The molecular weight excluding hydrogens is 428 g/mol. The summed E-state index contributed by atoms with van der Waals surface area (Å²) in [5.41, 5.74) is 2.18. The van der Waals surface area contributed by atoms with Crippen molar-refractivity contribution in [3.8, 4) is 11.5 Å². The van der Waals surface area contributed by atoms with Crippen LogP contribution in [0.1, 0.15) is 18.5 Å². The average Bonchev–Trinajstić information content (AvgIpc) is 3.15. The molecule has 0 radical (unpaired) electrons. The van der Waals surface area contributed by atoms with Gasteiger partial charge in [-0.3, -0.25) is 4.90 Å². The van der Waals surface area contributed by atoms with Gasteiger partial charge in [-0.2, -0.15) is 0 Å². The van der Waals surface area contributed by atoms with Crippen molar-refractivity contribution in [1.82, 2.24) is 5.32 Å². The summed E-state index contributed by atoms with van der Waals surface area (Å²) in [6.07, 6.45) is 0. The van der Waals surface area contributed by atoms with Gasteiger partial charge in [-0.25, -0.2) is 9.59 Å². The summed E-state index contributed by atoms with van der Waals surface area (Å²) >= 11 is 3.43. The number of ether oxygens (including phenoxy) is 3. The lowest BCUT2D eigenvalue weighted by Gasteiger charge is -2.35. The van der Waals surface area contributed by atoms with Gasteiger partial charge in [0, 0.05) is 16.2 Å². The van der Waals surface area contributed by atoms with Crippen molar-refractivity contribution in [2.75, 3.05) is 18.8 Å². The molecule has 2 aromatic carbocycles. The van der Waals surface area contributed by atoms with Gasteiger partial charge in [0.2, 0.25) is 6.79 Å². The molecule has 0 saturated heterocycles. The van der Waals surface area contributed by atoms with Crippen molar-refractivity contribution in [2.24, 2.45) is 0 Å². The minimum absolute atomic E-state index is 0.137. The van der Waals surface area contributed by atoms with Crippen LogP contribution in [0.15, 0.2) is 58.2 Å². The molecule has 1 N–H and O–H groups in total. The first-order valence-corrected chi connectivity index (χ1v) is 9.33. The van der Waals surface area contributed by atoms with Gasteiger partial charge in [-0.05, 0) is 36.8 Å². The Morgan fingerprint density at radius 1 is 1.21 bits per heavy atom. The molecule has 0 spiro atoms. The number of urea groups is 1. The number of hydrogen-bond donors (Lipinski definition) is 1. The standard InChI is InChI=1S/C20H17BrN2O5/c1-11-17(19(24)26-2)18(12-4-3-5-13(21)8-12)22-20(25)23(11)14-6-7-15-16(9-14)28-10-27-15/h3-9,18H,10H2,1-2H3,(H,22,25)/t18-/m1/s1. The highest BCUT2D eigenvalue weighted by Gasteiger charge is 2.37. The molecule has 8 heteroatoms. The van der Waals surface area contributed by atoms with Crippen molar-refractivity contribution >= 4 is 33.6 Å². The van der Waals surface area contributed by atoms with E-state index < -0.39 is 12.0 Å². The molecule has 2 aliphatic rings. The Morgan fingerprint density at radius 2 is 2.00 bits per heavy atom. The first-order chi connectivity index (χ1) is 13.5. The van der Waals surface area contributed by atoms with Crippen LogP contribution in [-0.2, 0) is 9.53 Å². The molecule has 2 heterocycles. The summed E-state index contributed by atoms with van der Waals surface area (Å²) in [5, 5.41) is 2.91. The van der Waals surface area contributed by atoms with E-state index in [1.54, 1.807) is 25.1 Å². The van der Waals surface area contributed by atoms with E-state index in [4.69, 9.17) is 14.2 Å². The van der Waals surface area contributed by atoms with Crippen LogP contribution >= 0.6 is 15.9 Å². The number of carbonyl (C=O) groups excluding carboxylic acids is 2. The highest BCUT2D eigenvalue weighted by molar-refractivity contribution is 9.10. The third-order valence-electron chi connectivity index (χ3n) is 4.69. The molecule has 0 aliphatic carbocycles. The van der Waals surface area contributed by atoms with Gasteiger partial charge in [0.15, 0.2) is 11.5 Å². The highest BCUT2D eigenvalue weighted by atomic mass is 79.9. The summed E-state index contributed by atoms with van der Waals surface area (Å²) in [5.74, 6) is 0.656. The quantitative estimate of drug-likeness (QED) is 0.726. The topological polar surface area (TPSA) is 77.1 Å². The van der Waals surface area contributed by atoms with Crippen LogP contribution in [0.5, 0.6) is 11.5 Å². The van der Waals surface area contributed by atoms with Crippen molar-refractivity contribution in [3.63, 3.8) is 0 Å². The molecule has 2 aromatic rings. The molecule has 1 atom stereocenters. The predicted molar refractivity (Wildman–Crippen MR) is 105 cm³/mol. The molecule has 7 nitrogen and oxygen atoms in total. The normalized spacial score (nSPS) is 18.2. The van der Waals surface area contributed by atoms with Crippen LogP contribution in [-0.4, -0.2) is 25.9 Å². The van der Waals surface area contributed by atoms with Gasteiger partial charge in [-0.1, -0.05) is 28.1 Å². The molecule has 28 heavy (non-hydrogen) atoms. The maximum Gasteiger partial charge on any atom is 0.337 e. The number of amides is 2. The van der Waals surface area contributed by atoms with Gasteiger partial charge < -0.3 is 19.5 Å². The lowest BCUT2D eigenvalue weighted by Crippen LogP contribution is -2.48. The van der Waals surface area contributed by atoms with Crippen molar-refractivity contribution in [1.29, 1.82) is 0 Å². The number of allylic oxidation sites excluding steroid dienone is 1. The van der Waals surface area contributed by atoms with E-state index >= 15 is 0 Å². The minimum atomic E-state index is -0.622. The Morgan fingerprint density at radius 3 is 2.75 bits per heavy atom. The number of hydrogen-bond acceptors (Lipinski definition) is 5. The average molecular weight is 445 g/mol. The Labute approximate surface area is 170 Å². The fourth-order valence-corrected chi connectivity index (χ4v) is 3.81. The molecule has 2 amide bonds. The number of anilines is 1. The van der Waals surface area contributed by atoms with Crippen LogP contribution in [0, 0.1) is 0 Å². The lowest BCUT2D eigenvalue weighted by molar-refractivity contribution is -0.136. The smallest absolute Gasteiger partial charge is 0.337 e. The van der Waals surface area contributed by atoms with Crippen molar-refractivity contribution in [3.05, 3.63) is 63.8 Å². The number of halogens is 1. The Hall–Kier alpha value is -3.00. The van der Waals surface area contributed by atoms with E-state index in [1.807, 2.05) is 24.3 Å². The minimum Gasteiger partial charge on any atom is -0.466 e. The van der Waals surface area contributed by atoms with Gasteiger partial charge in [-0.15, -0.1) is 0 Å². The Balaban J connectivity index is 1.82. The molecule has 0 saturated carbocycles. The van der Waals surface area contributed by atoms with Crippen LogP contribution in [0.3, 0.4) is 0 Å². The van der Waals surface area contributed by atoms with E-state index in [1.165, 1.54) is 12.0 Å². The van der Waals surface area contributed by atoms with Gasteiger partial charge in [0.25, 0.3) is 0 Å². The Bertz CT molecular complexity index is 1000. The van der Waals surface area contributed by atoms with Crippen LogP contribution in [0.4, 0.5) is 10.5 Å². The number of carbonyl (C=O) groups is 2. The number of rotatable bonds is 3. The molecule has 0 bridgehead atoms. The summed E-state index contributed by atoms with van der Waals surface area (Å²) in [4.78, 5) is 27.0. The fourth-order valence-electron chi connectivity index (χ4n) is 3.39. The molecule has 0 fully saturated rings. The maximum absolute atomic E-state index is 13.0. The van der Waals surface area contributed by atoms with Crippen LogP contribution in [0.25, 0.3) is 0 Å². The highest BCUT2D eigenvalue weighted by Crippen LogP contribution is 2.39. The summed E-state index contributed by atoms with van der Waals surface area (Å²) in [6, 6.07) is 11.6. The largest absolute Gasteiger partial charge is 0.466 e. The van der Waals surface area contributed by atoms with E-state index in [-0.39, 0.29) is 12.8 Å². The first-order valence-electron chi connectivity index (χ1n) is 8.54. The maximum atomic E-state index is 13.0. The second-order valence-electron chi connectivity index (χ2n) is 6.30. The number of nitrogens with one attached hydrogen (secondary N) is 1. The van der Waals surface area contributed by atoms with Gasteiger partial charge in [0.05, 0.1) is 24.4 Å².